The summed E-state index contributed by atoms with van der Waals surface area (Å²) in [7, 11) is 0. The van der Waals surface area contributed by atoms with Crippen molar-refractivity contribution in [3.8, 4) is 0 Å². The minimum atomic E-state index is -1.13. The zero-order valence-electron chi connectivity index (χ0n) is 6.78. The molecule has 1 aliphatic rings. The van der Waals surface area contributed by atoms with Crippen molar-refractivity contribution in [2.24, 2.45) is 0 Å². The molecule has 1 N–H and O–H groups in total. The number of halogens is 3. The fourth-order valence-electron chi connectivity index (χ4n) is 1.21. The molecule has 1 nitrogen and oxygen atoms in total. The fraction of sp³-hybridized carbons (Fsp3) is 0.333. The molecule has 0 spiro atoms. The topological polar surface area (TPSA) is 21.9 Å². The van der Waals surface area contributed by atoms with Gasteiger partial charge in [0.2, 0.25) is 0 Å². The molecule has 4 heteroatoms. The van der Waals surface area contributed by atoms with Gasteiger partial charge in [-0.2, -0.15) is 0 Å². The molecule has 1 heterocycles. The van der Waals surface area contributed by atoms with Gasteiger partial charge >= 0.3 is 0 Å². The second kappa shape index (κ2) is 3.03. The van der Waals surface area contributed by atoms with Crippen molar-refractivity contribution in [3.63, 3.8) is 0 Å². The summed E-state index contributed by atoms with van der Waals surface area (Å²) in [5.74, 6) is -2.80. The standard InChI is InChI=1S/C9H8F3N/c10-7-3-9(12)8(11)2-5(7)1-6-4-13-6/h2-3,6,13H,1,4H2. The quantitative estimate of drug-likeness (QED) is 0.551. The van der Waals surface area contributed by atoms with Crippen LogP contribution in [-0.2, 0) is 6.42 Å². The molecule has 0 amide bonds. The maximum atomic E-state index is 13.0. The summed E-state index contributed by atoms with van der Waals surface area (Å²) in [4.78, 5) is 0. The van der Waals surface area contributed by atoms with Gasteiger partial charge in [0.15, 0.2) is 11.6 Å². The lowest BCUT2D eigenvalue weighted by Gasteiger charge is -2.01. The highest BCUT2D eigenvalue weighted by Crippen LogP contribution is 2.17. The molecule has 0 aliphatic carbocycles. The van der Waals surface area contributed by atoms with Crippen LogP contribution in [0, 0.1) is 17.5 Å². The predicted molar refractivity (Wildman–Crippen MR) is 41.8 cm³/mol. The van der Waals surface area contributed by atoms with E-state index in [-0.39, 0.29) is 11.6 Å². The van der Waals surface area contributed by atoms with Gasteiger partial charge in [-0.25, -0.2) is 13.2 Å². The van der Waals surface area contributed by atoms with Crippen molar-refractivity contribution in [2.45, 2.75) is 12.5 Å². The Bertz CT molecular complexity index is 334. The maximum absolute atomic E-state index is 13.0. The van der Waals surface area contributed by atoms with E-state index in [1.54, 1.807) is 0 Å². The fourth-order valence-corrected chi connectivity index (χ4v) is 1.21. The Kier molecular flexibility index (Phi) is 2.00. The summed E-state index contributed by atoms with van der Waals surface area (Å²) in [5, 5.41) is 2.96. The molecule has 0 radical (unpaired) electrons. The molecule has 1 unspecified atom stereocenters. The van der Waals surface area contributed by atoms with E-state index in [0.29, 0.717) is 12.5 Å². The van der Waals surface area contributed by atoms with Crippen LogP contribution in [0.3, 0.4) is 0 Å². The molecule has 1 fully saturated rings. The molecule has 1 saturated heterocycles. The third-order valence-corrected chi connectivity index (χ3v) is 2.05. The van der Waals surface area contributed by atoms with Crippen LogP contribution in [0.1, 0.15) is 5.56 Å². The molecule has 0 aromatic heterocycles. The lowest BCUT2D eigenvalue weighted by Crippen LogP contribution is -2.01. The van der Waals surface area contributed by atoms with Crippen molar-refractivity contribution < 1.29 is 13.2 Å². The lowest BCUT2D eigenvalue weighted by atomic mass is 10.1. The zero-order chi connectivity index (χ0) is 9.42. The number of benzene rings is 1. The highest BCUT2D eigenvalue weighted by Gasteiger charge is 2.22. The second-order valence-electron chi connectivity index (χ2n) is 3.17. The van der Waals surface area contributed by atoms with Crippen molar-refractivity contribution in [3.05, 3.63) is 35.1 Å². The summed E-state index contributed by atoms with van der Waals surface area (Å²) in [6.07, 6.45) is 0.420. The van der Waals surface area contributed by atoms with Crippen molar-refractivity contribution in [1.82, 2.24) is 5.32 Å². The van der Waals surface area contributed by atoms with E-state index < -0.39 is 17.5 Å². The molecule has 1 aromatic rings. The number of hydrogen-bond acceptors (Lipinski definition) is 1. The molecule has 1 aliphatic heterocycles. The Morgan fingerprint density at radius 2 is 1.77 bits per heavy atom. The largest absolute Gasteiger partial charge is 0.311 e. The average Bonchev–Trinajstić information content (AvgIpc) is 2.84. The summed E-state index contributed by atoms with van der Waals surface area (Å²) in [6, 6.07) is 1.73. The molecule has 1 aromatic carbocycles. The van der Waals surface area contributed by atoms with Crippen LogP contribution < -0.4 is 5.32 Å². The molecule has 2 rings (SSSR count). The van der Waals surface area contributed by atoms with Crippen molar-refractivity contribution in [1.29, 1.82) is 0 Å². The van der Waals surface area contributed by atoms with Crippen LogP contribution in [0.2, 0.25) is 0 Å². The van der Waals surface area contributed by atoms with E-state index in [9.17, 15) is 13.2 Å². The molecule has 0 saturated carbocycles. The minimum absolute atomic E-state index is 0.222. The van der Waals surface area contributed by atoms with E-state index in [1.807, 2.05) is 0 Å². The van der Waals surface area contributed by atoms with E-state index in [4.69, 9.17) is 0 Å². The number of hydrogen-bond donors (Lipinski definition) is 1. The van der Waals surface area contributed by atoms with Crippen LogP contribution in [0.5, 0.6) is 0 Å². The molecular weight excluding hydrogens is 179 g/mol. The van der Waals surface area contributed by atoms with Crippen LogP contribution in [0.4, 0.5) is 13.2 Å². The van der Waals surface area contributed by atoms with Crippen LogP contribution in [0.15, 0.2) is 12.1 Å². The number of nitrogens with one attached hydrogen (secondary N) is 1. The van der Waals surface area contributed by atoms with Gasteiger partial charge in [0.1, 0.15) is 5.82 Å². The number of rotatable bonds is 2. The molecular formula is C9H8F3N. The Morgan fingerprint density at radius 1 is 1.15 bits per heavy atom. The smallest absolute Gasteiger partial charge is 0.161 e. The third kappa shape index (κ3) is 1.83. The van der Waals surface area contributed by atoms with Gasteiger partial charge in [-0.15, -0.1) is 0 Å². The maximum Gasteiger partial charge on any atom is 0.161 e. The normalized spacial score (nSPS) is 20.4. The highest BCUT2D eigenvalue weighted by atomic mass is 19.2. The molecule has 0 bridgehead atoms. The van der Waals surface area contributed by atoms with E-state index in [0.717, 1.165) is 12.6 Å². The van der Waals surface area contributed by atoms with Gasteiger partial charge in [-0.3, -0.25) is 0 Å². The highest BCUT2D eigenvalue weighted by molar-refractivity contribution is 5.22. The Labute approximate surface area is 73.6 Å². The Hall–Kier alpha value is -1.03. The summed E-state index contributed by atoms with van der Waals surface area (Å²) in [5.41, 5.74) is 0.230. The van der Waals surface area contributed by atoms with Gasteiger partial charge < -0.3 is 5.32 Å². The van der Waals surface area contributed by atoms with Crippen molar-refractivity contribution >= 4 is 0 Å². The van der Waals surface area contributed by atoms with Gasteiger partial charge in [-0.05, 0) is 18.1 Å². The van der Waals surface area contributed by atoms with Gasteiger partial charge in [0.25, 0.3) is 0 Å². The third-order valence-electron chi connectivity index (χ3n) is 2.05. The van der Waals surface area contributed by atoms with Crippen molar-refractivity contribution in [2.75, 3.05) is 6.54 Å². The van der Waals surface area contributed by atoms with E-state index >= 15 is 0 Å². The molecule has 13 heavy (non-hydrogen) atoms. The van der Waals surface area contributed by atoms with Crippen LogP contribution in [0.25, 0.3) is 0 Å². The zero-order valence-corrected chi connectivity index (χ0v) is 6.78. The van der Waals surface area contributed by atoms with Crippen LogP contribution in [-0.4, -0.2) is 12.6 Å². The first kappa shape index (κ1) is 8.56. The Balaban J connectivity index is 2.27. The summed E-state index contributed by atoms with van der Waals surface area (Å²) < 4.78 is 38.1. The molecule has 1 atom stereocenters. The minimum Gasteiger partial charge on any atom is -0.311 e. The SMILES string of the molecule is Fc1cc(F)c(CC2CN2)cc1F. The average molecular weight is 187 g/mol. The van der Waals surface area contributed by atoms with Gasteiger partial charge in [0, 0.05) is 18.7 Å². The van der Waals surface area contributed by atoms with Crippen LogP contribution >= 0.6 is 0 Å². The second-order valence-corrected chi connectivity index (χ2v) is 3.17. The summed E-state index contributed by atoms with van der Waals surface area (Å²) >= 11 is 0. The van der Waals surface area contributed by atoms with Gasteiger partial charge in [-0.1, -0.05) is 0 Å². The first-order valence-electron chi connectivity index (χ1n) is 4.03. The first-order chi connectivity index (χ1) is 6.16. The first-order valence-corrected chi connectivity index (χ1v) is 4.03. The molecule has 70 valence electrons. The van der Waals surface area contributed by atoms with E-state index in [2.05, 4.69) is 5.32 Å². The monoisotopic (exact) mass is 187 g/mol. The lowest BCUT2D eigenvalue weighted by molar-refractivity contribution is 0.489. The van der Waals surface area contributed by atoms with E-state index in [1.165, 1.54) is 0 Å². The van der Waals surface area contributed by atoms with Gasteiger partial charge in [0.05, 0.1) is 0 Å². The Morgan fingerprint density at radius 3 is 2.38 bits per heavy atom. The predicted octanol–water partition coefficient (Wildman–Crippen LogP) is 1.62. The summed E-state index contributed by atoms with van der Waals surface area (Å²) in [6.45, 7) is 0.818.